The number of hydrogen-bond acceptors (Lipinski definition) is 3. The highest BCUT2D eigenvalue weighted by Gasteiger charge is 2.23. The van der Waals surface area contributed by atoms with Crippen molar-refractivity contribution in [1.29, 1.82) is 5.26 Å². The summed E-state index contributed by atoms with van der Waals surface area (Å²) in [6, 6.07) is 4.19. The number of halogens is 2. The van der Waals surface area contributed by atoms with E-state index in [-0.39, 0.29) is 11.3 Å². The second-order valence-electron chi connectivity index (χ2n) is 6.74. The van der Waals surface area contributed by atoms with E-state index in [1.54, 1.807) is 6.07 Å². The van der Waals surface area contributed by atoms with Crippen LogP contribution in [0.15, 0.2) is 12.1 Å². The lowest BCUT2D eigenvalue weighted by atomic mass is 9.88. The van der Waals surface area contributed by atoms with Gasteiger partial charge in [-0.2, -0.15) is 9.65 Å². The maximum absolute atomic E-state index is 13.8. The molecule has 3 nitrogen and oxygen atoms in total. The van der Waals surface area contributed by atoms with Gasteiger partial charge in [0.25, 0.3) is 0 Å². The van der Waals surface area contributed by atoms with E-state index in [0.717, 1.165) is 38.7 Å². The van der Waals surface area contributed by atoms with Gasteiger partial charge in [0.15, 0.2) is 11.6 Å². The quantitative estimate of drug-likeness (QED) is 0.562. The van der Waals surface area contributed by atoms with Crippen LogP contribution in [0.3, 0.4) is 0 Å². The summed E-state index contributed by atoms with van der Waals surface area (Å²) < 4.78 is 38.8. The molecule has 2 rings (SSSR count). The van der Waals surface area contributed by atoms with E-state index in [9.17, 15) is 8.78 Å². The smallest absolute Gasteiger partial charge is 0.201 e. The number of rotatable bonds is 9. The molecule has 138 valence electrons. The third kappa shape index (κ3) is 5.97. The molecule has 0 amide bonds. The highest BCUT2D eigenvalue weighted by atomic mass is 19.2. The molecule has 25 heavy (non-hydrogen) atoms. The summed E-state index contributed by atoms with van der Waals surface area (Å²) in [5.41, 5.74) is -0.304. The van der Waals surface area contributed by atoms with E-state index in [1.165, 1.54) is 31.4 Å². The molecule has 0 aromatic heterocycles. The first-order chi connectivity index (χ1) is 12.2. The normalized spacial score (nSPS) is 20.2. The van der Waals surface area contributed by atoms with Gasteiger partial charge in [-0.05, 0) is 50.2 Å². The Kier molecular flexibility index (Phi) is 8.14. The molecule has 0 atom stereocenters. The zero-order chi connectivity index (χ0) is 18.1. The van der Waals surface area contributed by atoms with E-state index in [1.807, 2.05) is 0 Å². The van der Waals surface area contributed by atoms with Crippen LogP contribution < -0.4 is 4.74 Å². The molecule has 0 N–H and O–H groups in total. The molecular weight excluding hydrogens is 324 g/mol. The zero-order valence-corrected chi connectivity index (χ0v) is 14.9. The molecule has 5 heteroatoms. The molecule has 0 bridgehead atoms. The predicted octanol–water partition coefficient (Wildman–Crippen LogP) is 5.37. The molecule has 1 fully saturated rings. The van der Waals surface area contributed by atoms with Gasteiger partial charge in [-0.15, -0.1) is 0 Å². The van der Waals surface area contributed by atoms with Crippen molar-refractivity contribution in [1.82, 2.24) is 0 Å². The molecule has 1 saturated carbocycles. The summed E-state index contributed by atoms with van der Waals surface area (Å²) in [5, 5.41) is 8.69. The van der Waals surface area contributed by atoms with Crippen LogP contribution in [0.4, 0.5) is 8.78 Å². The van der Waals surface area contributed by atoms with E-state index >= 15 is 0 Å². The Balaban J connectivity index is 1.69. The van der Waals surface area contributed by atoms with Crippen molar-refractivity contribution >= 4 is 0 Å². The van der Waals surface area contributed by atoms with E-state index < -0.39 is 11.6 Å². The molecule has 0 spiro atoms. The van der Waals surface area contributed by atoms with Crippen LogP contribution in [0.1, 0.15) is 63.9 Å². The lowest BCUT2D eigenvalue weighted by Crippen LogP contribution is -2.25. The fraction of sp³-hybridized carbons (Fsp3) is 0.650. The fourth-order valence-electron chi connectivity index (χ4n) is 3.18. The molecule has 0 aliphatic heterocycles. The van der Waals surface area contributed by atoms with Gasteiger partial charge in [0, 0.05) is 6.61 Å². The maximum Gasteiger partial charge on any atom is 0.201 e. The monoisotopic (exact) mass is 351 g/mol. The summed E-state index contributed by atoms with van der Waals surface area (Å²) >= 11 is 0. The second-order valence-corrected chi connectivity index (χ2v) is 6.74. The van der Waals surface area contributed by atoms with E-state index in [0.29, 0.717) is 18.6 Å². The largest absolute Gasteiger partial charge is 0.490 e. The Labute approximate surface area is 148 Å². The second kappa shape index (κ2) is 10.4. The first-order valence-corrected chi connectivity index (χ1v) is 9.28. The molecule has 0 radical (unpaired) electrons. The Morgan fingerprint density at radius 1 is 1.08 bits per heavy atom. The third-order valence-corrected chi connectivity index (χ3v) is 4.79. The lowest BCUT2D eigenvalue weighted by molar-refractivity contribution is 0.0109. The zero-order valence-electron chi connectivity index (χ0n) is 14.9. The molecule has 0 heterocycles. The van der Waals surface area contributed by atoms with Gasteiger partial charge in [0.05, 0.1) is 18.3 Å². The Morgan fingerprint density at radius 3 is 2.52 bits per heavy atom. The van der Waals surface area contributed by atoms with Gasteiger partial charge in [-0.1, -0.05) is 26.2 Å². The highest BCUT2D eigenvalue weighted by molar-refractivity contribution is 5.37. The Morgan fingerprint density at radius 2 is 1.84 bits per heavy atom. The average molecular weight is 351 g/mol. The number of ether oxygens (including phenoxy) is 2. The number of nitriles is 1. The fourth-order valence-corrected chi connectivity index (χ4v) is 3.18. The van der Waals surface area contributed by atoms with Crippen molar-refractivity contribution in [2.24, 2.45) is 5.92 Å². The molecule has 1 aromatic carbocycles. The molecule has 0 saturated heterocycles. The summed E-state index contributed by atoms with van der Waals surface area (Å²) in [7, 11) is 0. The van der Waals surface area contributed by atoms with Gasteiger partial charge < -0.3 is 9.47 Å². The minimum Gasteiger partial charge on any atom is -0.490 e. The van der Waals surface area contributed by atoms with Crippen molar-refractivity contribution in [3.05, 3.63) is 29.3 Å². The summed E-state index contributed by atoms with van der Waals surface area (Å²) in [6.45, 7) is 3.40. The highest BCUT2D eigenvalue weighted by Crippen LogP contribution is 2.28. The third-order valence-electron chi connectivity index (χ3n) is 4.79. The van der Waals surface area contributed by atoms with Gasteiger partial charge in [0.2, 0.25) is 5.82 Å². The average Bonchev–Trinajstić information content (AvgIpc) is 2.64. The van der Waals surface area contributed by atoms with E-state index in [4.69, 9.17) is 14.7 Å². The molecule has 1 aliphatic carbocycles. The number of hydrogen-bond donors (Lipinski definition) is 0. The van der Waals surface area contributed by atoms with Crippen LogP contribution in [-0.2, 0) is 4.74 Å². The molecule has 1 aliphatic rings. The van der Waals surface area contributed by atoms with Crippen LogP contribution >= 0.6 is 0 Å². The first kappa shape index (κ1) is 19.7. The van der Waals surface area contributed by atoms with Crippen LogP contribution in [0.25, 0.3) is 0 Å². The number of benzene rings is 1. The molecular formula is C20H27F2NO2. The van der Waals surface area contributed by atoms with Crippen molar-refractivity contribution in [3.8, 4) is 11.8 Å². The lowest BCUT2D eigenvalue weighted by Gasteiger charge is -2.28. The van der Waals surface area contributed by atoms with Crippen LogP contribution in [0.5, 0.6) is 5.75 Å². The van der Waals surface area contributed by atoms with Crippen molar-refractivity contribution in [2.45, 2.75) is 64.4 Å². The Hall–Kier alpha value is -1.67. The summed E-state index contributed by atoms with van der Waals surface area (Å²) in [5.74, 6) is -2.01. The number of unbranched alkanes of at least 4 members (excludes halogenated alkanes) is 3. The van der Waals surface area contributed by atoms with E-state index in [2.05, 4.69) is 6.92 Å². The van der Waals surface area contributed by atoms with Crippen LogP contribution in [0.2, 0.25) is 0 Å². The first-order valence-electron chi connectivity index (χ1n) is 9.28. The van der Waals surface area contributed by atoms with Crippen molar-refractivity contribution in [2.75, 3.05) is 13.2 Å². The van der Waals surface area contributed by atoms with Gasteiger partial charge >= 0.3 is 0 Å². The minimum absolute atomic E-state index is 0.120. The van der Waals surface area contributed by atoms with Crippen LogP contribution in [0, 0.1) is 28.9 Å². The number of nitrogens with zero attached hydrogens (tertiary/aromatic N) is 1. The standard InChI is InChI=1S/C20H27F2NO2/c1-2-3-4-5-12-24-17-9-6-15(7-10-17)14-25-18-11-8-16(13-23)19(21)20(18)22/h8,11,15,17H,2-7,9-10,12,14H2,1H3/t15-,17-. The van der Waals surface area contributed by atoms with Gasteiger partial charge in [0.1, 0.15) is 6.07 Å². The van der Waals surface area contributed by atoms with Gasteiger partial charge in [-0.25, -0.2) is 4.39 Å². The minimum atomic E-state index is -1.14. The van der Waals surface area contributed by atoms with Crippen molar-refractivity contribution < 1.29 is 18.3 Å². The Bertz CT molecular complexity index is 578. The van der Waals surface area contributed by atoms with Gasteiger partial charge in [-0.3, -0.25) is 0 Å². The molecule has 0 unspecified atom stereocenters. The molecule has 1 aromatic rings. The summed E-state index contributed by atoms with van der Waals surface area (Å²) in [6.07, 6.45) is 9.10. The van der Waals surface area contributed by atoms with Crippen LogP contribution in [-0.4, -0.2) is 19.3 Å². The van der Waals surface area contributed by atoms with Crippen molar-refractivity contribution in [3.63, 3.8) is 0 Å². The SMILES string of the molecule is CCCCCCO[C@H]1CC[C@H](COc2ccc(C#N)c(F)c2F)CC1. The topological polar surface area (TPSA) is 42.2 Å². The summed E-state index contributed by atoms with van der Waals surface area (Å²) in [4.78, 5) is 0. The maximum atomic E-state index is 13.8. The predicted molar refractivity (Wildman–Crippen MR) is 92.4 cm³/mol.